The Labute approximate surface area is 638 Å². The van der Waals surface area contributed by atoms with E-state index < -0.39 is 23.5 Å². The van der Waals surface area contributed by atoms with Crippen molar-refractivity contribution in [2.24, 2.45) is 21.8 Å². The predicted molar refractivity (Wildman–Crippen MR) is 419 cm³/mol. The highest BCUT2D eigenvalue weighted by Crippen LogP contribution is 2.43. The fraction of sp³-hybridized carbons (Fsp3) is 0.329. The summed E-state index contributed by atoms with van der Waals surface area (Å²) in [7, 11) is 2.16. The van der Waals surface area contributed by atoms with E-state index in [2.05, 4.69) is 165 Å². The summed E-state index contributed by atoms with van der Waals surface area (Å²) >= 11 is 6.47. The van der Waals surface area contributed by atoms with Gasteiger partial charge in [0.15, 0.2) is 34.9 Å². The molecule has 7 aliphatic rings. The van der Waals surface area contributed by atoms with Gasteiger partial charge in [0.25, 0.3) is 5.69 Å². The third-order valence-electron chi connectivity index (χ3n) is 19.6. The molecule has 31 heteroatoms. The monoisotopic (exact) mass is 1510 g/mol. The minimum absolute atomic E-state index is 0.0259. The van der Waals surface area contributed by atoms with Crippen molar-refractivity contribution in [3.8, 4) is 0 Å². The summed E-state index contributed by atoms with van der Waals surface area (Å²) in [6, 6.07) is 29.5. The maximum atomic E-state index is 14.7. The number of nitrogens with zero attached hydrogens (tertiary/aromatic N) is 15. The molecule has 10 N–H and O–H groups in total. The van der Waals surface area contributed by atoms with Gasteiger partial charge in [0.2, 0.25) is 5.82 Å². The second-order valence-electron chi connectivity index (χ2n) is 28.1. The van der Waals surface area contributed by atoms with Crippen LogP contribution in [0.3, 0.4) is 0 Å². The number of aromatic amines is 2. The van der Waals surface area contributed by atoms with Gasteiger partial charge in [-0.05, 0) is 180 Å². The molecule has 4 aromatic carbocycles. The van der Waals surface area contributed by atoms with Gasteiger partial charge in [-0.25, -0.2) is 62.3 Å². The number of rotatable bonds is 23. The molecule has 1 unspecified atom stereocenters. The predicted octanol–water partition coefficient (Wildman–Crippen LogP) is 16.7. The highest BCUT2D eigenvalue weighted by atomic mass is 35.5. The van der Waals surface area contributed by atoms with Crippen LogP contribution >= 0.6 is 11.6 Å². The first-order valence-electron chi connectivity index (χ1n) is 36.7. The van der Waals surface area contributed by atoms with Crippen LogP contribution in [0.4, 0.5) is 91.5 Å². The molecule has 0 spiro atoms. The molecule has 17 rings (SSSR count). The molecule has 110 heavy (non-hydrogen) atoms. The van der Waals surface area contributed by atoms with Crippen molar-refractivity contribution >= 4 is 92.8 Å². The van der Waals surface area contributed by atoms with Gasteiger partial charge < -0.3 is 52.3 Å². The van der Waals surface area contributed by atoms with Crippen LogP contribution in [-0.4, -0.2) is 123 Å². The van der Waals surface area contributed by atoms with Crippen molar-refractivity contribution in [3.63, 3.8) is 0 Å². The van der Waals surface area contributed by atoms with E-state index in [0.717, 1.165) is 66.6 Å². The lowest BCUT2D eigenvalue weighted by Crippen LogP contribution is -2.44. The van der Waals surface area contributed by atoms with Crippen molar-refractivity contribution < 1.29 is 22.0 Å². The molecule has 25 nitrogen and oxygen atoms in total. The quantitative estimate of drug-likeness (QED) is 0.0210. The Morgan fingerprint density at radius 2 is 0.991 bits per heavy atom. The van der Waals surface area contributed by atoms with Gasteiger partial charge in [0.05, 0.1) is 31.7 Å². The van der Waals surface area contributed by atoms with Crippen molar-refractivity contribution in [2.45, 2.75) is 109 Å². The van der Waals surface area contributed by atoms with Gasteiger partial charge in [0.1, 0.15) is 88.5 Å². The summed E-state index contributed by atoms with van der Waals surface area (Å²) in [6.07, 6.45) is 19.4. The standard InChI is InChI=1S/C23H27N9.C19H19ClFN5.C19H19F2N5.C18H18F2N6/c1-24-21-22(26-15-27-23(21)28-20-13-19(29-30-20)17-5-6-17)25-14-16-3-7-18(8-4-16)32-11-9-31(2)10-12-32;1-11(12-4-6-15(21)7-5-12)25-18-17(20)19(24-10-23-18)26-16-8-14(9-22-16)13-2-3-13;1-11(12-4-6-15(20)7-5-12)25-18-17(21)19(24-10-23-18)26-16-8-14(9-22-16)13-2-3-13;1-10(18-12(19)3-2-4-13(18)20)23-15-8-16(22-9-21-15)24-17-7-14(25-26-17)11-5-6-11/h3-4,7-8,13,15,17H,5-6,9-12,14H2,2H3,(H3,25,26,27,28,29,30);2*4-8,10-11,13H,2-3,9H2,1H3,(H2,22,23,24,25,26);2-4,7-11H,5-6H2,1H3,(H3,21,22,23,24,25,26)/t;2*11-;/m.00./s1. The average Bonchev–Trinajstić information content (AvgIpc) is 1.52. The van der Waals surface area contributed by atoms with Crippen molar-refractivity contribution in [1.29, 1.82) is 0 Å². The zero-order valence-electron chi connectivity index (χ0n) is 61.0. The number of hydrogen-bond donors (Lipinski definition) is 10. The van der Waals surface area contributed by atoms with Crippen molar-refractivity contribution in [2.75, 3.05) is 93.8 Å². The Hall–Kier alpha value is -12.0. The number of anilines is 11. The minimum Gasteiger partial charge on any atom is -0.375 e. The lowest BCUT2D eigenvalue weighted by atomic mass is 10.1. The van der Waals surface area contributed by atoms with E-state index >= 15 is 0 Å². The topological polar surface area (TPSA) is 292 Å². The van der Waals surface area contributed by atoms with Crippen LogP contribution < -0.4 is 47.4 Å². The molecule has 1 saturated heterocycles. The van der Waals surface area contributed by atoms with E-state index in [-0.39, 0.29) is 40.9 Å². The van der Waals surface area contributed by atoms with Crippen molar-refractivity contribution in [3.05, 3.63) is 237 Å². The first kappa shape index (κ1) is 74.9. The smallest absolute Gasteiger partial charge is 0.269 e. The summed E-state index contributed by atoms with van der Waals surface area (Å²) in [4.78, 5) is 50.6. The molecule has 10 aromatic rings. The van der Waals surface area contributed by atoms with Crippen LogP contribution in [0.25, 0.3) is 4.85 Å². The number of H-pyrrole nitrogens is 2. The van der Waals surface area contributed by atoms with Crippen LogP contribution in [0.1, 0.15) is 136 Å². The lowest BCUT2D eigenvalue weighted by Gasteiger charge is -2.34. The van der Waals surface area contributed by atoms with Crippen LogP contribution in [0.2, 0.25) is 5.02 Å². The number of aliphatic imine (C=N–C) groups is 2. The number of halogens is 6. The van der Waals surface area contributed by atoms with E-state index in [0.29, 0.717) is 99.8 Å². The van der Waals surface area contributed by atoms with Crippen LogP contribution in [0.5, 0.6) is 0 Å². The minimum atomic E-state index is -0.596. The zero-order chi connectivity index (χ0) is 76.2. The summed E-state index contributed by atoms with van der Waals surface area (Å²) < 4.78 is 68.7. The number of piperazine rings is 1. The highest BCUT2D eigenvalue weighted by molar-refractivity contribution is 6.36. The fourth-order valence-electron chi connectivity index (χ4n) is 12.6. The molecule has 0 radical (unpaired) electrons. The van der Waals surface area contributed by atoms with Gasteiger partial charge in [-0.15, -0.1) is 0 Å². The maximum Gasteiger partial charge on any atom is 0.269 e. The van der Waals surface area contributed by atoms with E-state index in [9.17, 15) is 22.0 Å². The first-order chi connectivity index (χ1) is 53.5. The molecule has 5 fully saturated rings. The molecule has 0 amide bonds. The van der Waals surface area contributed by atoms with E-state index in [1.54, 1.807) is 37.3 Å². The molecule has 4 saturated carbocycles. The Bertz CT molecular complexity index is 4850. The number of likely N-dealkylation sites (N-methyl/N-ethyl adjacent to an activating group) is 1. The number of amidine groups is 2. The summed E-state index contributed by atoms with van der Waals surface area (Å²) in [6.45, 7) is 19.4. The summed E-state index contributed by atoms with van der Waals surface area (Å²) in [5.41, 5.74) is 9.40. The van der Waals surface area contributed by atoms with Gasteiger partial charge >= 0.3 is 0 Å². The Kier molecular flexibility index (Phi) is 23.5. The average molecular weight is 1510 g/mol. The Morgan fingerprint density at radius 1 is 0.500 bits per heavy atom. The van der Waals surface area contributed by atoms with Gasteiger partial charge in [-0.1, -0.05) is 54.1 Å². The second kappa shape index (κ2) is 34.5. The number of benzene rings is 4. The SMILES string of the molecule is CC(Nc1cc(Nc2cc(C3CC3)[nH]n2)ncn1)c1c(F)cccc1F.C[C@H](Nc1ncnc(NC2=NCC(C3CC3)=C2)c1Cl)c1ccc(F)cc1.C[C@H](Nc1ncnc(NC2=NCC(C3CC3)=C2)c1F)c1ccc(F)cc1.[C-]#[N+]c1c(NCc2ccc(N3CCN(C)CC3)cc2)ncnc1Nc1cc(C2CC2)[nH]n1. The second-order valence-corrected chi connectivity index (χ2v) is 28.5. The van der Waals surface area contributed by atoms with Crippen LogP contribution in [-0.2, 0) is 6.54 Å². The molecule has 6 aromatic heterocycles. The number of nitrogens with one attached hydrogen (secondary N) is 10. The van der Waals surface area contributed by atoms with Gasteiger partial charge in [0, 0.05) is 91.4 Å². The number of aromatic nitrogens is 12. The molecular formula is C79H83ClF5N25. The van der Waals surface area contributed by atoms with Gasteiger partial charge in [-0.2, -0.15) is 14.6 Å². The molecular weight excluding hydrogens is 1430 g/mol. The molecule has 0 bridgehead atoms. The summed E-state index contributed by atoms with van der Waals surface area (Å²) in [5, 5.41) is 39.9. The molecule has 4 aliphatic carbocycles. The van der Waals surface area contributed by atoms with E-state index in [1.165, 1.54) is 136 Å². The number of hydrogen-bond acceptors (Lipinski definition) is 22. The van der Waals surface area contributed by atoms with E-state index in [1.807, 2.05) is 32.1 Å². The normalized spacial score (nSPS) is 16.6. The third kappa shape index (κ3) is 19.8. The lowest BCUT2D eigenvalue weighted by molar-refractivity contribution is 0.313. The zero-order valence-corrected chi connectivity index (χ0v) is 61.7. The Morgan fingerprint density at radius 3 is 1.55 bits per heavy atom. The Balaban J connectivity index is 0.000000123. The van der Waals surface area contributed by atoms with E-state index in [4.69, 9.17) is 18.2 Å². The van der Waals surface area contributed by atoms with Crippen molar-refractivity contribution in [1.82, 2.24) is 65.2 Å². The maximum absolute atomic E-state index is 14.7. The molecule has 566 valence electrons. The summed E-state index contributed by atoms with van der Waals surface area (Å²) in [5.74, 6) is 6.09. The fourth-order valence-corrected chi connectivity index (χ4v) is 12.8. The first-order valence-corrected chi connectivity index (χ1v) is 37.1. The molecule has 3 atom stereocenters. The third-order valence-corrected chi connectivity index (χ3v) is 20.0. The van der Waals surface area contributed by atoms with Gasteiger partial charge in [-0.3, -0.25) is 20.2 Å². The molecule has 9 heterocycles. The van der Waals surface area contributed by atoms with Crippen LogP contribution in [0.15, 0.2) is 168 Å². The largest absolute Gasteiger partial charge is 0.375 e. The highest BCUT2D eigenvalue weighted by Gasteiger charge is 2.31. The van der Waals surface area contributed by atoms with Crippen LogP contribution in [0, 0.1) is 47.5 Å². The molecule has 3 aliphatic heterocycles.